The van der Waals surface area contributed by atoms with Crippen molar-refractivity contribution in [2.45, 2.75) is 191 Å². The fourth-order valence-corrected chi connectivity index (χ4v) is 20.5. The number of anilines is 2. The number of aromatic nitrogens is 9. The summed E-state index contributed by atoms with van der Waals surface area (Å²) >= 11 is 6.62. The minimum atomic E-state index is -5.72. The Morgan fingerprint density at radius 2 is 0.896 bits per heavy atom. The third kappa shape index (κ3) is 21.5. The standard InChI is InChI=1S/C31H47ClN4O5Si2.C19H24N5O15P3.C19H21N5O6/c1-30(2,3)42(7,8)25-15-26(41-24(25)19-40-43(9,10)31(4,5)6)35-16-22(27-28(32)33-20-34-29(27)35)18-39-17-21-13-11-12-14-23(21)36(37)38;20-18-17-12(8-35-7-11-3-1-2-4-13(11)24(26)27)6-23(19(17)22-10-21-18)16-5-14(25)15(37-16)9-36-41(31,32)39-42(33,34)38-40(28,29)30;20-18-17-12(9-29-8-11-3-1-2-4-13(11)24(27)28)6-23(19(17)22-10-21-18)16-5-14(26)15(7-25)30-16/h11-14,16,20,24-26H,15,17-19H2,1-10H3;1-4,6,10,14-16,25H,5,7-9H2,(H,31,32)(H,33,34)(H2,20,21,22)(H2,28,29,30);1-4,6,10,14-16,25-26H,5,7-9H2,(H2,20,21,22)/t24-,25-,26-;2*14-,15-,16-/m111/s1. The van der Waals surface area contributed by atoms with Crippen molar-refractivity contribution in [3.05, 3.63) is 179 Å². The Morgan fingerprint density at radius 3 is 1.30 bits per heavy atom. The van der Waals surface area contributed by atoms with Crippen molar-refractivity contribution in [3.8, 4) is 0 Å². The van der Waals surface area contributed by atoms with Gasteiger partial charge in [-0.3, -0.25) is 34.9 Å². The van der Waals surface area contributed by atoms with E-state index >= 15 is 0 Å². The number of hydrogen-bond donors (Lipinski definition) is 9. The Balaban J connectivity index is 0.000000185. The zero-order chi connectivity index (χ0) is 84.1. The molecule has 11 atom stereocenters. The predicted molar refractivity (Wildman–Crippen MR) is 420 cm³/mol. The van der Waals surface area contributed by atoms with Crippen molar-refractivity contribution < 1.29 is 109 Å². The first-order chi connectivity index (χ1) is 53.9. The van der Waals surface area contributed by atoms with Gasteiger partial charge in [-0.05, 0) is 53.3 Å². The van der Waals surface area contributed by atoms with Gasteiger partial charge >= 0.3 is 23.5 Å². The molecule has 9 heterocycles. The highest BCUT2D eigenvalue weighted by Crippen LogP contribution is 2.66. The molecule has 0 bridgehead atoms. The Bertz CT molecular complexity index is 5140. The van der Waals surface area contributed by atoms with Crippen molar-refractivity contribution >= 4 is 113 Å². The lowest BCUT2D eigenvalue weighted by Gasteiger charge is -2.44. The molecule has 3 aromatic carbocycles. The number of rotatable bonds is 30. The van der Waals surface area contributed by atoms with Crippen LogP contribution in [0, 0.1) is 30.3 Å². The van der Waals surface area contributed by atoms with Gasteiger partial charge in [0.2, 0.25) is 0 Å². The lowest BCUT2D eigenvalue weighted by Crippen LogP contribution is -2.48. The van der Waals surface area contributed by atoms with Gasteiger partial charge in [0.15, 0.2) is 8.32 Å². The Labute approximate surface area is 665 Å². The summed E-state index contributed by atoms with van der Waals surface area (Å²) in [5, 5.41) is 66.1. The maximum absolute atomic E-state index is 12.0. The highest BCUT2D eigenvalue weighted by atomic mass is 35.5. The van der Waals surface area contributed by atoms with Gasteiger partial charge in [0.05, 0.1) is 133 Å². The van der Waals surface area contributed by atoms with Crippen LogP contribution in [0.2, 0.25) is 47.0 Å². The molecule has 3 aliphatic heterocycles. The number of nitrogens with two attached hydrogens (primary N) is 2. The number of nitrogen functional groups attached to an aromatic ring is 2. The van der Waals surface area contributed by atoms with Gasteiger partial charge in [0.1, 0.15) is 83.6 Å². The molecule has 115 heavy (non-hydrogen) atoms. The summed E-state index contributed by atoms with van der Waals surface area (Å²) in [6.45, 7) is 23.1. The number of phosphoric ester groups is 1. The van der Waals surface area contributed by atoms with Crippen LogP contribution in [0.5, 0.6) is 0 Å². The molecule has 0 radical (unpaired) electrons. The van der Waals surface area contributed by atoms with E-state index in [4.69, 9.17) is 65.7 Å². The summed E-state index contributed by atoms with van der Waals surface area (Å²) in [5.41, 5.74) is 17.2. The SMILES string of the molecule is CC(C)(C)[Si](C)(C)OC[C@H]1O[C@@H](n2cc(COCc3ccccc3[N+](=O)[O-])c3c(Cl)ncnc32)C[C@H]1[Si](C)(C)C(C)(C)C.Nc1ncnc2c1c(COCc1ccccc1[N+](=O)[O-])cn2[C@H]1C[C@@H](O)[C@@H](CO)O1.Nc1ncnc2c1c(COCc1ccccc1[N+](=O)[O-])cn2[C@H]1C[C@@H](O)[C@@H](COP(=O)(O)OP(=O)(O)OP(=O)(O)O)O1. The molecule has 3 fully saturated rings. The number of fused-ring (bicyclic) bond motifs is 3. The Morgan fingerprint density at radius 1 is 0.522 bits per heavy atom. The molecule has 6 aromatic heterocycles. The van der Waals surface area contributed by atoms with E-state index < -0.39 is 98.1 Å². The van der Waals surface area contributed by atoms with Gasteiger partial charge < -0.3 is 92.9 Å². The number of ether oxygens (including phenoxy) is 6. The van der Waals surface area contributed by atoms with Crippen molar-refractivity contribution in [1.82, 2.24) is 43.6 Å². The molecular formula is C69H92ClN14O26P3Si2. The largest absolute Gasteiger partial charge is 0.490 e. The Hall–Kier alpha value is -7.95. The van der Waals surface area contributed by atoms with E-state index in [1.165, 1.54) is 47.8 Å². The molecule has 0 amide bonds. The van der Waals surface area contributed by atoms with Crippen LogP contribution in [0.25, 0.3) is 33.1 Å². The molecule has 9 aromatic rings. The number of aliphatic hydroxyl groups excluding tert-OH is 3. The molecule has 3 saturated heterocycles. The zero-order valence-corrected chi connectivity index (χ0v) is 69.6. The van der Waals surface area contributed by atoms with E-state index in [2.05, 4.69) is 115 Å². The molecule has 624 valence electrons. The lowest BCUT2D eigenvalue weighted by molar-refractivity contribution is -0.386. The number of halogens is 1. The van der Waals surface area contributed by atoms with E-state index in [9.17, 15) is 69.1 Å². The summed E-state index contributed by atoms with van der Waals surface area (Å²) in [6.07, 6.45) is 4.55. The number of hydrogen-bond acceptors (Lipinski definition) is 30. The average Bonchev–Trinajstić information content (AvgIpc) is 1.58. The molecule has 12 rings (SSSR count). The van der Waals surface area contributed by atoms with Crippen LogP contribution in [0.3, 0.4) is 0 Å². The smallest absolute Gasteiger partial charge is 0.414 e. The topological polar surface area (TPSA) is 559 Å². The molecule has 40 nitrogen and oxygen atoms in total. The second-order valence-corrected chi connectivity index (χ2v) is 45.8. The summed E-state index contributed by atoms with van der Waals surface area (Å²) in [7, 11) is -20.5. The fourth-order valence-electron chi connectivity index (χ4n) is 13.2. The quantitative estimate of drug-likeness (QED) is 0.00664. The number of benzene rings is 3. The third-order valence-corrected chi connectivity index (χ3v) is 36.0. The maximum atomic E-state index is 12.0. The zero-order valence-electron chi connectivity index (χ0n) is 64.2. The van der Waals surface area contributed by atoms with Gasteiger partial charge in [0.25, 0.3) is 17.1 Å². The molecule has 0 saturated carbocycles. The molecule has 11 N–H and O–H groups in total. The Kier molecular flexibility index (Phi) is 28.4. The van der Waals surface area contributed by atoms with Crippen LogP contribution in [0.1, 0.15) is 113 Å². The number of phosphoric acid groups is 3. The second kappa shape index (κ2) is 36.5. The molecule has 0 spiro atoms. The summed E-state index contributed by atoms with van der Waals surface area (Å²) < 4.78 is 94.0. The lowest BCUT2D eigenvalue weighted by atomic mass is 10.2. The summed E-state index contributed by atoms with van der Waals surface area (Å²) in [5.74, 6) is 0.353. The van der Waals surface area contributed by atoms with Gasteiger partial charge in [-0.2, -0.15) is 8.62 Å². The first kappa shape index (κ1) is 89.4. The normalized spacial score (nSPS) is 21.2. The third-order valence-electron chi connectivity index (χ3n) is 21.0. The van der Waals surface area contributed by atoms with Gasteiger partial charge in [0, 0.05) is 66.3 Å². The number of nitro groups is 3. The highest BCUT2D eigenvalue weighted by Gasteiger charge is 2.52. The molecule has 46 heteroatoms. The highest BCUT2D eigenvalue weighted by molar-refractivity contribution is 7.66. The average molecular weight is 1720 g/mol. The minimum Gasteiger partial charge on any atom is -0.414 e. The first-order valence-electron chi connectivity index (χ1n) is 35.8. The maximum Gasteiger partial charge on any atom is 0.490 e. The molecular weight excluding hydrogens is 1630 g/mol. The monoisotopic (exact) mass is 1720 g/mol. The predicted octanol–water partition coefficient (Wildman–Crippen LogP) is 11.8. The van der Waals surface area contributed by atoms with Gasteiger partial charge in [-0.1, -0.05) is 103 Å². The molecule has 0 aliphatic carbocycles. The van der Waals surface area contributed by atoms with Crippen molar-refractivity contribution in [3.63, 3.8) is 0 Å². The van der Waals surface area contributed by atoms with Gasteiger partial charge in [-0.25, -0.2) is 43.6 Å². The van der Waals surface area contributed by atoms with E-state index in [0.717, 1.165) is 12.0 Å². The van der Waals surface area contributed by atoms with Crippen LogP contribution >= 0.6 is 35.1 Å². The van der Waals surface area contributed by atoms with E-state index in [1.54, 1.807) is 65.5 Å². The van der Waals surface area contributed by atoms with Crippen LogP contribution in [-0.4, -0.2) is 160 Å². The summed E-state index contributed by atoms with van der Waals surface area (Å²) in [6, 6.07) is 19.0. The van der Waals surface area contributed by atoms with Crippen LogP contribution in [0.15, 0.2) is 110 Å². The number of nitro benzene ring substituents is 3. The minimum absolute atomic E-state index is 0.00818. The van der Waals surface area contributed by atoms with E-state index in [1.807, 2.05) is 6.20 Å². The first-order valence-corrected chi connectivity index (χ1v) is 46.7. The molecule has 3 aliphatic rings. The number of para-hydroxylation sites is 3. The fraction of sp³-hybridized carbons (Fsp3) is 0.478. The summed E-state index contributed by atoms with van der Waals surface area (Å²) in [4.78, 5) is 94.1. The molecule has 2 unspecified atom stereocenters. The van der Waals surface area contributed by atoms with Crippen LogP contribution in [-0.2, 0) is 99.3 Å². The second-order valence-electron chi connectivity index (χ2n) is 30.5. The van der Waals surface area contributed by atoms with E-state index in [0.29, 0.717) is 72.6 Å². The van der Waals surface area contributed by atoms with Gasteiger partial charge in [-0.15, -0.1) is 0 Å². The van der Waals surface area contributed by atoms with Crippen LogP contribution in [0.4, 0.5) is 28.7 Å². The number of aliphatic hydroxyl groups is 3. The van der Waals surface area contributed by atoms with Crippen molar-refractivity contribution in [1.29, 1.82) is 0 Å². The van der Waals surface area contributed by atoms with Crippen LogP contribution < -0.4 is 11.5 Å². The van der Waals surface area contributed by atoms with Crippen molar-refractivity contribution in [2.24, 2.45) is 0 Å². The van der Waals surface area contributed by atoms with Crippen molar-refractivity contribution in [2.75, 3.05) is 31.3 Å². The number of nitrogens with zero attached hydrogens (tertiary/aromatic N) is 12. The van der Waals surface area contributed by atoms with E-state index in [-0.39, 0.29) is 116 Å².